The van der Waals surface area contributed by atoms with Gasteiger partial charge in [-0.1, -0.05) is 23.8 Å². The lowest BCUT2D eigenvalue weighted by Gasteiger charge is -2.19. The molecule has 0 radical (unpaired) electrons. The molecule has 0 unspecified atom stereocenters. The van der Waals surface area contributed by atoms with E-state index in [1.165, 1.54) is 22.3 Å². The van der Waals surface area contributed by atoms with Crippen molar-refractivity contribution in [2.45, 2.75) is 26.2 Å². The Morgan fingerprint density at radius 2 is 2.19 bits per heavy atom. The quantitative estimate of drug-likeness (QED) is 0.716. The van der Waals surface area contributed by atoms with Crippen LogP contribution in [0.5, 0.6) is 0 Å². The standard InChI is InChI=1S/C14H17NO/c1-10-6-7-11-4-3-5-12(13(11)8-10)9-14(16)15-2/h6-9H,3-5H2,1-2H3,(H,15,16)/b12-9+. The highest BCUT2D eigenvalue weighted by molar-refractivity contribution is 5.95. The minimum absolute atomic E-state index is 0.00986. The molecular formula is C14H17NO. The van der Waals surface area contributed by atoms with Gasteiger partial charge in [-0.2, -0.15) is 0 Å². The van der Waals surface area contributed by atoms with Gasteiger partial charge in [-0.05, 0) is 42.9 Å². The molecule has 0 heterocycles. The molecule has 16 heavy (non-hydrogen) atoms. The molecule has 2 rings (SSSR count). The Morgan fingerprint density at radius 1 is 1.38 bits per heavy atom. The Hall–Kier alpha value is -1.57. The first kappa shape index (κ1) is 10.9. The van der Waals surface area contributed by atoms with E-state index in [-0.39, 0.29) is 5.91 Å². The van der Waals surface area contributed by atoms with Gasteiger partial charge in [0.15, 0.2) is 0 Å². The van der Waals surface area contributed by atoms with Crippen LogP contribution >= 0.6 is 0 Å². The fourth-order valence-corrected chi connectivity index (χ4v) is 2.19. The van der Waals surface area contributed by atoms with E-state index in [9.17, 15) is 4.79 Å². The van der Waals surface area contributed by atoms with Crippen LogP contribution in [0.4, 0.5) is 0 Å². The summed E-state index contributed by atoms with van der Waals surface area (Å²) in [5, 5.41) is 2.64. The van der Waals surface area contributed by atoms with Gasteiger partial charge in [-0.15, -0.1) is 0 Å². The monoisotopic (exact) mass is 215 g/mol. The average molecular weight is 215 g/mol. The molecule has 0 aliphatic heterocycles. The number of rotatable bonds is 1. The molecular weight excluding hydrogens is 198 g/mol. The largest absolute Gasteiger partial charge is 0.356 e. The zero-order valence-corrected chi connectivity index (χ0v) is 9.84. The minimum Gasteiger partial charge on any atom is -0.356 e. The maximum Gasteiger partial charge on any atom is 0.244 e. The maximum absolute atomic E-state index is 11.4. The first-order valence-electron chi connectivity index (χ1n) is 5.73. The number of benzene rings is 1. The Labute approximate surface area is 96.4 Å². The molecule has 0 spiro atoms. The van der Waals surface area contributed by atoms with Gasteiger partial charge in [-0.25, -0.2) is 0 Å². The van der Waals surface area contributed by atoms with Crippen molar-refractivity contribution in [2.75, 3.05) is 7.05 Å². The van der Waals surface area contributed by atoms with Gasteiger partial charge >= 0.3 is 0 Å². The second kappa shape index (κ2) is 4.52. The minimum atomic E-state index is -0.00986. The van der Waals surface area contributed by atoms with Gasteiger partial charge < -0.3 is 5.32 Å². The van der Waals surface area contributed by atoms with Crippen LogP contribution in [-0.4, -0.2) is 13.0 Å². The lowest BCUT2D eigenvalue weighted by Crippen LogP contribution is -2.15. The zero-order valence-electron chi connectivity index (χ0n) is 9.84. The summed E-state index contributed by atoms with van der Waals surface area (Å²) in [6.07, 6.45) is 5.00. The SMILES string of the molecule is CNC(=O)/C=C1\CCCc2ccc(C)cc21. The van der Waals surface area contributed by atoms with Gasteiger partial charge in [0.05, 0.1) is 0 Å². The predicted molar refractivity (Wildman–Crippen MR) is 66.2 cm³/mol. The second-order valence-corrected chi connectivity index (χ2v) is 4.30. The van der Waals surface area contributed by atoms with Crippen LogP contribution in [-0.2, 0) is 11.2 Å². The summed E-state index contributed by atoms with van der Waals surface area (Å²) in [7, 11) is 1.67. The Morgan fingerprint density at radius 3 is 2.94 bits per heavy atom. The van der Waals surface area contributed by atoms with Crippen LogP contribution in [0.2, 0.25) is 0 Å². The summed E-state index contributed by atoms with van der Waals surface area (Å²) in [5.74, 6) is -0.00986. The fourth-order valence-electron chi connectivity index (χ4n) is 2.19. The molecule has 0 atom stereocenters. The van der Waals surface area contributed by atoms with Crippen LogP contribution in [0, 0.1) is 6.92 Å². The smallest absolute Gasteiger partial charge is 0.244 e. The highest BCUT2D eigenvalue weighted by Gasteiger charge is 2.14. The number of nitrogens with one attached hydrogen (secondary N) is 1. The topological polar surface area (TPSA) is 29.1 Å². The first-order chi connectivity index (χ1) is 7.70. The molecule has 1 amide bonds. The van der Waals surface area contributed by atoms with Crippen molar-refractivity contribution in [1.82, 2.24) is 5.32 Å². The summed E-state index contributed by atoms with van der Waals surface area (Å²) in [6, 6.07) is 6.51. The van der Waals surface area contributed by atoms with E-state index < -0.39 is 0 Å². The molecule has 84 valence electrons. The molecule has 0 fully saturated rings. The second-order valence-electron chi connectivity index (χ2n) is 4.30. The zero-order chi connectivity index (χ0) is 11.5. The number of aryl methyl sites for hydroxylation is 2. The molecule has 1 aromatic carbocycles. The van der Waals surface area contributed by atoms with E-state index >= 15 is 0 Å². The van der Waals surface area contributed by atoms with Crippen molar-refractivity contribution in [1.29, 1.82) is 0 Å². The van der Waals surface area contributed by atoms with Crippen LogP contribution in [0.15, 0.2) is 24.3 Å². The van der Waals surface area contributed by atoms with Gasteiger partial charge in [0, 0.05) is 13.1 Å². The highest BCUT2D eigenvalue weighted by atomic mass is 16.1. The molecule has 0 bridgehead atoms. The van der Waals surface area contributed by atoms with Gasteiger partial charge in [0.25, 0.3) is 0 Å². The molecule has 1 aliphatic carbocycles. The normalized spacial score (nSPS) is 17.0. The number of likely N-dealkylation sites (N-methyl/N-ethyl adjacent to an activating group) is 1. The van der Waals surface area contributed by atoms with Crippen molar-refractivity contribution in [3.8, 4) is 0 Å². The summed E-state index contributed by atoms with van der Waals surface area (Å²) in [4.78, 5) is 11.4. The lowest BCUT2D eigenvalue weighted by molar-refractivity contribution is -0.116. The van der Waals surface area contributed by atoms with Crippen molar-refractivity contribution in [3.05, 3.63) is 41.0 Å². The number of fused-ring (bicyclic) bond motifs is 1. The molecule has 1 N–H and O–H groups in total. The average Bonchev–Trinajstić information content (AvgIpc) is 2.29. The van der Waals surface area contributed by atoms with Crippen LogP contribution in [0.25, 0.3) is 5.57 Å². The predicted octanol–water partition coefficient (Wildman–Crippen LogP) is 2.46. The Balaban J connectivity index is 2.43. The van der Waals surface area contributed by atoms with E-state index in [0.717, 1.165) is 19.3 Å². The first-order valence-corrected chi connectivity index (χ1v) is 5.73. The fraction of sp³-hybridized carbons (Fsp3) is 0.357. The van der Waals surface area contributed by atoms with E-state index in [2.05, 4.69) is 30.4 Å². The molecule has 0 saturated heterocycles. The third kappa shape index (κ3) is 2.16. The van der Waals surface area contributed by atoms with E-state index in [4.69, 9.17) is 0 Å². The number of hydrogen-bond donors (Lipinski definition) is 1. The van der Waals surface area contributed by atoms with Crippen LogP contribution < -0.4 is 5.32 Å². The lowest BCUT2D eigenvalue weighted by atomic mass is 9.86. The summed E-state index contributed by atoms with van der Waals surface area (Å²) >= 11 is 0. The van der Waals surface area contributed by atoms with Crippen LogP contribution in [0.3, 0.4) is 0 Å². The van der Waals surface area contributed by atoms with Crippen molar-refractivity contribution < 1.29 is 4.79 Å². The highest BCUT2D eigenvalue weighted by Crippen LogP contribution is 2.31. The molecule has 1 aliphatic rings. The Kier molecular flexibility index (Phi) is 3.09. The summed E-state index contributed by atoms with van der Waals surface area (Å²) in [5.41, 5.74) is 5.05. The van der Waals surface area contributed by atoms with E-state index in [0.29, 0.717) is 0 Å². The number of allylic oxidation sites excluding steroid dienone is 1. The van der Waals surface area contributed by atoms with Gasteiger partial charge in [-0.3, -0.25) is 4.79 Å². The van der Waals surface area contributed by atoms with E-state index in [1.54, 1.807) is 13.1 Å². The van der Waals surface area contributed by atoms with E-state index in [1.807, 2.05) is 0 Å². The summed E-state index contributed by atoms with van der Waals surface area (Å²) in [6.45, 7) is 2.09. The van der Waals surface area contributed by atoms with Crippen LogP contribution in [0.1, 0.15) is 29.5 Å². The molecule has 0 aromatic heterocycles. The van der Waals surface area contributed by atoms with Crippen molar-refractivity contribution >= 4 is 11.5 Å². The maximum atomic E-state index is 11.4. The van der Waals surface area contributed by atoms with Gasteiger partial charge in [0.1, 0.15) is 0 Å². The van der Waals surface area contributed by atoms with Crippen molar-refractivity contribution in [2.24, 2.45) is 0 Å². The molecule has 0 saturated carbocycles. The molecule has 2 heteroatoms. The summed E-state index contributed by atoms with van der Waals surface area (Å²) < 4.78 is 0. The van der Waals surface area contributed by atoms with Gasteiger partial charge in [0.2, 0.25) is 5.91 Å². The number of hydrogen-bond acceptors (Lipinski definition) is 1. The number of amides is 1. The molecule has 1 aromatic rings. The number of carbonyl (C=O) groups is 1. The van der Waals surface area contributed by atoms with Crippen molar-refractivity contribution in [3.63, 3.8) is 0 Å². The molecule has 2 nitrogen and oxygen atoms in total. The third-order valence-corrected chi connectivity index (χ3v) is 3.06. The Bertz CT molecular complexity index is 446. The third-order valence-electron chi connectivity index (χ3n) is 3.06. The number of carbonyl (C=O) groups excluding carboxylic acids is 1.